The van der Waals surface area contributed by atoms with Crippen LogP contribution in [0.15, 0.2) is 77.7 Å². The summed E-state index contributed by atoms with van der Waals surface area (Å²) in [5, 5.41) is 3.01. The second-order valence-electron chi connectivity index (χ2n) is 6.68. The van der Waals surface area contributed by atoms with Crippen LogP contribution in [0.2, 0.25) is 5.02 Å². The van der Waals surface area contributed by atoms with Crippen molar-refractivity contribution < 1.29 is 17.9 Å². The van der Waals surface area contributed by atoms with E-state index in [-0.39, 0.29) is 10.8 Å². The molecule has 0 spiro atoms. The van der Waals surface area contributed by atoms with Gasteiger partial charge in [0.2, 0.25) is 0 Å². The molecule has 0 aliphatic rings. The minimum Gasteiger partial charge on any atom is -0.481 e. The first-order chi connectivity index (χ1) is 14.2. The van der Waals surface area contributed by atoms with E-state index in [1.807, 2.05) is 25.1 Å². The fourth-order valence-electron chi connectivity index (χ4n) is 2.66. The maximum Gasteiger partial charge on any atom is 0.265 e. The van der Waals surface area contributed by atoms with Crippen LogP contribution < -0.4 is 14.8 Å². The molecule has 0 fully saturated rings. The quantitative estimate of drug-likeness (QED) is 0.545. The number of benzene rings is 3. The highest BCUT2D eigenvalue weighted by molar-refractivity contribution is 7.92. The smallest absolute Gasteiger partial charge is 0.265 e. The minimum atomic E-state index is -3.81. The molecule has 1 amide bonds. The number of nitrogens with one attached hydrogen (secondary N) is 2. The fraction of sp³-hybridized carbons (Fsp3) is 0.136. The highest BCUT2D eigenvalue weighted by atomic mass is 35.5. The highest BCUT2D eigenvalue weighted by Crippen LogP contribution is 2.24. The van der Waals surface area contributed by atoms with E-state index in [2.05, 4.69) is 10.0 Å². The Morgan fingerprint density at radius 1 is 1.00 bits per heavy atom. The summed E-state index contributed by atoms with van der Waals surface area (Å²) in [6.45, 7) is 3.58. The average molecular weight is 445 g/mol. The lowest BCUT2D eigenvalue weighted by atomic mass is 10.2. The summed E-state index contributed by atoms with van der Waals surface area (Å²) in [4.78, 5) is 12.4. The van der Waals surface area contributed by atoms with Crippen molar-refractivity contribution in [3.8, 4) is 5.75 Å². The Labute approximate surface area is 180 Å². The summed E-state index contributed by atoms with van der Waals surface area (Å²) >= 11 is 6.01. The lowest BCUT2D eigenvalue weighted by Crippen LogP contribution is -2.30. The Bertz CT molecular complexity index is 1150. The van der Waals surface area contributed by atoms with E-state index in [4.69, 9.17) is 16.3 Å². The molecule has 3 aromatic carbocycles. The van der Waals surface area contributed by atoms with Crippen LogP contribution in [0.1, 0.15) is 12.5 Å². The predicted molar refractivity (Wildman–Crippen MR) is 119 cm³/mol. The Morgan fingerprint density at radius 2 is 1.70 bits per heavy atom. The molecule has 1 unspecified atom stereocenters. The largest absolute Gasteiger partial charge is 0.481 e. The van der Waals surface area contributed by atoms with Gasteiger partial charge in [0.05, 0.1) is 15.6 Å². The Balaban J connectivity index is 1.65. The van der Waals surface area contributed by atoms with E-state index in [1.54, 1.807) is 37.3 Å². The van der Waals surface area contributed by atoms with Crippen molar-refractivity contribution in [3.05, 3.63) is 83.4 Å². The van der Waals surface area contributed by atoms with E-state index in [9.17, 15) is 13.2 Å². The van der Waals surface area contributed by atoms with Crippen LogP contribution in [0.3, 0.4) is 0 Å². The van der Waals surface area contributed by atoms with Gasteiger partial charge >= 0.3 is 0 Å². The lowest BCUT2D eigenvalue weighted by molar-refractivity contribution is -0.122. The number of hydrogen-bond acceptors (Lipinski definition) is 4. The number of carbonyl (C=O) groups excluding carboxylic acids is 1. The third-order valence-electron chi connectivity index (χ3n) is 4.22. The first kappa shape index (κ1) is 21.7. The van der Waals surface area contributed by atoms with Crippen LogP contribution in [0, 0.1) is 6.92 Å². The zero-order valence-corrected chi connectivity index (χ0v) is 18.0. The van der Waals surface area contributed by atoms with Gasteiger partial charge in [-0.2, -0.15) is 0 Å². The van der Waals surface area contributed by atoms with Gasteiger partial charge < -0.3 is 10.1 Å². The molecule has 3 aromatic rings. The number of anilines is 2. The van der Waals surface area contributed by atoms with Crippen molar-refractivity contribution in [1.29, 1.82) is 0 Å². The molecular weight excluding hydrogens is 424 g/mol. The van der Waals surface area contributed by atoms with Crippen LogP contribution in [-0.4, -0.2) is 20.4 Å². The van der Waals surface area contributed by atoms with E-state index >= 15 is 0 Å². The Hall–Kier alpha value is -3.03. The van der Waals surface area contributed by atoms with Crippen molar-refractivity contribution in [2.24, 2.45) is 0 Å². The number of sulfonamides is 1. The SMILES string of the molecule is Cc1cccc(OC(C)C(=O)Nc2ccc(S(=O)(=O)Nc3ccccc3Cl)cc2)c1. The van der Waals surface area contributed by atoms with Gasteiger partial charge in [0, 0.05) is 5.69 Å². The van der Waals surface area contributed by atoms with Gasteiger partial charge in [-0.05, 0) is 67.9 Å². The van der Waals surface area contributed by atoms with Gasteiger partial charge in [0.15, 0.2) is 6.10 Å². The van der Waals surface area contributed by atoms with Crippen LogP contribution in [0.4, 0.5) is 11.4 Å². The molecule has 0 radical (unpaired) electrons. The number of rotatable bonds is 7. The number of para-hydroxylation sites is 1. The molecule has 2 N–H and O–H groups in total. The van der Waals surface area contributed by atoms with Gasteiger partial charge in [-0.15, -0.1) is 0 Å². The van der Waals surface area contributed by atoms with Crippen molar-refractivity contribution >= 4 is 38.9 Å². The Kier molecular flexibility index (Phi) is 6.64. The normalized spacial score (nSPS) is 12.1. The van der Waals surface area contributed by atoms with Gasteiger partial charge in [-0.25, -0.2) is 8.42 Å². The molecule has 0 heterocycles. The summed E-state index contributed by atoms with van der Waals surface area (Å²) < 4.78 is 33.2. The lowest BCUT2D eigenvalue weighted by Gasteiger charge is -2.15. The molecule has 0 aromatic heterocycles. The standard InChI is InChI=1S/C22H21ClN2O4S/c1-15-6-5-7-18(14-15)29-16(2)22(26)24-17-10-12-19(13-11-17)30(27,28)25-21-9-4-3-8-20(21)23/h3-14,16,25H,1-2H3,(H,24,26). The molecule has 8 heteroatoms. The number of amides is 1. The molecule has 30 heavy (non-hydrogen) atoms. The first-order valence-electron chi connectivity index (χ1n) is 9.16. The predicted octanol–water partition coefficient (Wildman–Crippen LogP) is 4.86. The maximum atomic E-state index is 12.5. The topological polar surface area (TPSA) is 84.5 Å². The van der Waals surface area contributed by atoms with Crippen LogP contribution in [0.25, 0.3) is 0 Å². The number of hydrogen-bond donors (Lipinski definition) is 2. The van der Waals surface area contributed by atoms with Gasteiger partial charge in [-0.1, -0.05) is 35.9 Å². The monoisotopic (exact) mass is 444 g/mol. The molecule has 0 saturated carbocycles. The second kappa shape index (κ2) is 9.19. The van der Waals surface area contributed by atoms with Gasteiger partial charge in [0.25, 0.3) is 15.9 Å². The molecule has 156 valence electrons. The van der Waals surface area contributed by atoms with Crippen molar-refractivity contribution in [2.75, 3.05) is 10.0 Å². The zero-order chi connectivity index (χ0) is 21.7. The summed E-state index contributed by atoms with van der Waals surface area (Å²) in [6.07, 6.45) is -0.725. The molecule has 0 aliphatic carbocycles. The summed E-state index contributed by atoms with van der Waals surface area (Å²) in [5.74, 6) is 0.256. The van der Waals surface area contributed by atoms with E-state index in [1.165, 1.54) is 24.3 Å². The van der Waals surface area contributed by atoms with Crippen LogP contribution >= 0.6 is 11.6 Å². The number of carbonyl (C=O) groups is 1. The Morgan fingerprint density at radius 3 is 2.37 bits per heavy atom. The van der Waals surface area contributed by atoms with Crippen molar-refractivity contribution in [2.45, 2.75) is 24.8 Å². The van der Waals surface area contributed by atoms with Gasteiger partial charge in [0.1, 0.15) is 5.75 Å². The highest BCUT2D eigenvalue weighted by Gasteiger charge is 2.18. The molecule has 0 saturated heterocycles. The maximum absolute atomic E-state index is 12.5. The number of aryl methyl sites for hydroxylation is 1. The molecule has 6 nitrogen and oxygen atoms in total. The third-order valence-corrected chi connectivity index (χ3v) is 5.93. The molecular formula is C22H21ClN2O4S. The molecule has 0 aliphatic heterocycles. The molecule has 1 atom stereocenters. The molecule has 3 rings (SSSR count). The molecule has 0 bridgehead atoms. The van der Waals surface area contributed by atoms with Crippen LogP contribution in [0.5, 0.6) is 5.75 Å². The zero-order valence-electron chi connectivity index (χ0n) is 16.4. The summed E-state index contributed by atoms with van der Waals surface area (Å²) in [5.41, 5.74) is 1.78. The number of ether oxygens (including phenoxy) is 1. The number of halogens is 1. The van der Waals surface area contributed by atoms with E-state index < -0.39 is 16.1 Å². The van der Waals surface area contributed by atoms with Crippen LogP contribution in [-0.2, 0) is 14.8 Å². The van der Waals surface area contributed by atoms with Crippen molar-refractivity contribution in [1.82, 2.24) is 0 Å². The summed E-state index contributed by atoms with van der Waals surface area (Å²) in [6, 6.07) is 19.8. The van der Waals surface area contributed by atoms with Gasteiger partial charge in [-0.3, -0.25) is 9.52 Å². The minimum absolute atomic E-state index is 0.0458. The summed E-state index contributed by atoms with van der Waals surface area (Å²) in [7, 11) is -3.81. The van der Waals surface area contributed by atoms with E-state index in [0.717, 1.165) is 5.56 Å². The van der Waals surface area contributed by atoms with Crippen molar-refractivity contribution in [3.63, 3.8) is 0 Å². The van der Waals surface area contributed by atoms with E-state index in [0.29, 0.717) is 22.1 Å². The fourth-order valence-corrected chi connectivity index (χ4v) is 3.97. The average Bonchev–Trinajstić information content (AvgIpc) is 2.70. The third kappa shape index (κ3) is 5.52. The second-order valence-corrected chi connectivity index (χ2v) is 8.77. The first-order valence-corrected chi connectivity index (χ1v) is 11.0.